The maximum absolute atomic E-state index is 11.8. The first kappa shape index (κ1) is 13.1. The monoisotopic (exact) mass is 325 g/mol. The number of esters is 1. The van der Waals surface area contributed by atoms with E-state index in [2.05, 4.69) is 21.2 Å². The van der Waals surface area contributed by atoms with Crippen LogP contribution in [0.25, 0.3) is 0 Å². The smallest absolute Gasteiger partial charge is 0.333 e. The van der Waals surface area contributed by atoms with Crippen LogP contribution in [-0.2, 0) is 9.53 Å². The Morgan fingerprint density at radius 3 is 2.61 bits per heavy atom. The molecular weight excluding hydrogens is 314 g/mol. The van der Waals surface area contributed by atoms with Gasteiger partial charge in [0.15, 0.2) is 6.04 Å². The molecule has 0 saturated carbocycles. The number of nitrogens with one attached hydrogen (secondary N) is 1. The molecule has 0 saturated heterocycles. The van der Waals surface area contributed by atoms with Gasteiger partial charge in [0.1, 0.15) is 0 Å². The Labute approximate surface area is 118 Å². The third kappa shape index (κ3) is 3.11. The molecule has 1 aromatic heterocycles. The van der Waals surface area contributed by atoms with Gasteiger partial charge in [-0.15, -0.1) is 11.3 Å². The fourth-order valence-corrected chi connectivity index (χ4v) is 2.56. The van der Waals surface area contributed by atoms with Gasteiger partial charge in [0, 0.05) is 15.0 Å². The molecule has 0 radical (unpaired) electrons. The SMILES string of the molecule is COC(=O)C(Nc1ccc(Br)cc1)c1cccs1. The van der Waals surface area contributed by atoms with E-state index in [0.717, 1.165) is 15.0 Å². The summed E-state index contributed by atoms with van der Waals surface area (Å²) in [5.41, 5.74) is 0.877. The minimum absolute atomic E-state index is 0.291. The van der Waals surface area contributed by atoms with Crippen molar-refractivity contribution in [2.45, 2.75) is 6.04 Å². The van der Waals surface area contributed by atoms with Crippen molar-refractivity contribution in [3.8, 4) is 0 Å². The van der Waals surface area contributed by atoms with E-state index < -0.39 is 6.04 Å². The highest BCUT2D eigenvalue weighted by Gasteiger charge is 2.22. The van der Waals surface area contributed by atoms with Crippen molar-refractivity contribution in [3.63, 3.8) is 0 Å². The molecule has 0 amide bonds. The summed E-state index contributed by atoms with van der Waals surface area (Å²) < 4.78 is 5.83. The van der Waals surface area contributed by atoms with E-state index in [1.165, 1.54) is 18.4 Å². The average Bonchev–Trinajstić information content (AvgIpc) is 2.91. The van der Waals surface area contributed by atoms with E-state index in [4.69, 9.17) is 4.74 Å². The van der Waals surface area contributed by atoms with Crippen LogP contribution in [0, 0.1) is 0 Å². The molecule has 2 aromatic rings. The summed E-state index contributed by atoms with van der Waals surface area (Å²) in [7, 11) is 1.40. The zero-order valence-electron chi connectivity index (χ0n) is 9.72. The van der Waals surface area contributed by atoms with E-state index in [0.29, 0.717) is 0 Å². The van der Waals surface area contributed by atoms with Gasteiger partial charge in [0.25, 0.3) is 0 Å². The topological polar surface area (TPSA) is 38.3 Å². The average molecular weight is 326 g/mol. The predicted molar refractivity (Wildman–Crippen MR) is 76.8 cm³/mol. The van der Waals surface area contributed by atoms with Gasteiger partial charge in [0.2, 0.25) is 0 Å². The van der Waals surface area contributed by atoms with Crippen LogP contribution in [0.2, 0.25) is 0 Å². The second-order valence-corrected chi connectivity index (χ2v) is 5.52. The van der Waals surface area contributed by atoms with Gasteiger partial charge >= 0.3 is 5.97 Å². The molecule has 2 rings (SSSR count). The van der Waals surface area contributed by atoms with Crippen LogP contribution in [0.5, 0.6) is 0 Å². The van der Waals surface area contributed by atoms with Crippen LogP contribution in [0.4, 0.5) is 5.69 Å². The lowest BCUT2D eigenvalue weighted by atomic mass is 10.2. The van der Waals surface area contributed by atoms with Crippen LogP contribution in [-0.4, -0.2) is 13.1 Å². The van der Waals surface area contributed by atoms with Crippen molar-refractivity contribution >= 4 is 38.9 Å². The molecule has 18 heavy (non-hydrogen) atoms. The number of hydrogen-bond donors (Lipinski definition) is 1. The Hall–Kier alpha value is -1.33. The molecule has 0 bridgehead atoms. The molecule has 0 aliphatic carbocycles. The lowest BCUT2D eigenvalue weighted by Crippen LogP contribution is -2.21. The second-order valence-electron chi connectivity index (χ2n) is 3.62. The molecule has 1 aromatic carbocycles. The standard InChI is InChI=1S/C13H12BrNO2S/c1-17-13(16)12(11-3-2-8-18-11)15-10-6-4-9(14)5-7-10/h2-8,12,15H,1H3. The Morgan fingerprint density at radius 2 is 2.06 bits per heavy atom. The lowest BCUT2D eigenvalue weighted by Gasteiger charge is -2.16. The minimum atomic E-state index is -0.462. The Morgan fingerprint density at radius 1 is 1.33 bits per heavy atom. The van der Waals surface area contributed by atoms with Crippen molar-refractivity contribution in [1.29, 1.82) is 0 Å². The number of halogens is 1. The molecule has 3 nitrogen and oxygen atoms in total. The van der Waals surface area contributed by atoms with Gasteiger partial charge in [-0.05, 0) is 35.7 Å². The molecule has 1 N–H and O–H groups in total. The number of ether oxygens (including phenoxy) is 1. The first-order valence-electron chi connectivity index (χ1n) is 5.34. The fraction of sp³-hybridized carbons (Fsp3) is 0.154. The normalized spacial score (nSPS) is 11.9. The number of anilines is 1. The maximum atomic E-state index is 11.8. The molecule has 0 aliphatic rings. The third-order valence-electron chi connectivity index (χ3n) is 2.42. The first-order chi connectivity index (χ1) is 8.70. The van der Waals surface area contributed by atoms with Crippen LogP contribution in [0.1, 0.15) is 10.9 Å². The molecule has 5 heteroatoms. The summed E-state index contributed by atoms with van der Waals surface area (Å²) in [6.45, 7) is 0. The van der Waals surface area contributed by atoms with E-state index in [1.54, 1.807) is 0 Å². The number of methoxy groups -OCH3 is 1. The van der Waals surface area contributed by atoms with E-state index in [9.17, 15) is 4.79 Å². The molecule has 1 atom stereocenters. The summed E-state index contributed by atoms with van der Waals surface area (Å²) in [4.78, 5) is 12.7. The number of carbonyl (C=O) groups excluding carboxylic acids is 1. The zero-order valence-corrected chi connectivity index (χ0v) is 12.1. The summed E-state index contributed by atoms with van der Waals surface area (Å²) in [6, 6.07) is 11.0. The van der Waals surface area contributed by atoms with Gasteiger partial charge in [0.05, 0.1) is 7.11 Å². The van der Waals surface area contributed by atoms with Crippen molar-refractivity contribution in [1.82, 2.24) is 0 Å². The Kier molecular flexibility index (Phi) is 4.38. The van der Waals surface area contributed by atoms with Crippen LogP contribution in [0.3, 0.4) is 0 Å². The molecule has 0 aliphatic heterocycles. The van der Waals surface area contributed by atoms with E-state index in [-0.39, 0.29) is 5.97 Å². The molecule has 94 valence electrons. The minimum Gasteiger partial charge on any atom is -0.467 e. The number of thiophene rings is 1. The van der Waals surface area contributed by atoms with Crippen molar-refractivity contribution in [3.05, 3.63) is 51.1 Å². The van der Waals surface area contributed by atoms with Crippen molar-refractivity contribution in [2.24, 2.45) is 0 Å². The molecule has 1 heterocycles. The van der Waals surface area contributed by atoms with Gasteiger partial charge in [-0.2, -0.15) is 0 Å². The molecular formula is C13H12BrNO2S. The van der Waals surface area contributed by atoms with Crippen molar-refractivity contribution in [2.75, 3.05) is 12.4 Å². The first-order valence-corrected chi connectivity index (χ1v) is 7.01. The van der Waals surface area contributed by atoms with E-state index in [1.807, 2.05) is 41.8 Å². The zero-order chi connectivity index (χ0) is 13.0. The number of hydrogen-bond acceptors (Lipinski definition) is 4. The number of rotatable bonds is 4. The van der Waals surface area contributed by atoms with Gasteiger partial charge < -0.3 is 10.1 Å². The quantitative estimate of drug-likeness (QED) is 0.868. The molecule has 0 fully saturated rings. The maximum Gasteiger partial charge on any atom is 0.333 e. The summed E-state index contributed by atoms with van der Waals surface area (Å²) >= 11 is 4.90. The molecule has 1 unspecified atom stereocenters. The van der Waals surface area contributed by atoms with Crippen LogP contribution >= 0.6 is 27.3 Å². The van der Waals surface area contributed by atoms with E-state index >= 15 is 0 Å². The molecule has 0 spiro atoms. The summed E-state index contributed by atoms with van der Waals surface area (Å²) in [5, 5.41) is 5.11. The summed E-state index contributed by atoms with van der Waals surface area (Å²) in [5.74, 6) is -0.291. The Balaban J connectivity index is 2.20. The largest absolute Gasteiger partial charge is 0.467 e. The highest BCUT2D eigenvalue weighted by Crippen LogP contribution is 2.25. The highest BCUT2D eigenvalue weighted by atomic mass is 79.9. The fourth-order valence-electron chi connectivity index (χ4n) is 1.53. The Bertz CT molecular complexity index is 510. The van der Waals surface area contributed by atoms with Gasteiger partial charge in [-0.1, -0.05) is 22.0 Å². The number of carbonyl (C=O) groups is 1. The third-order valence-corrected chi connectivity index (χ3v) is 3.89. The van der Waals surface area contributed by atoms with Crippen LogP contribution in [0.15, 0.2) is 46.3 Å². The number of benzene rings is 1. The second kappa shape index (κ2) is 6.02. The van der Waals surface area contributed by atoms with Gasteiger partial charge in [-0.25, -0.2) is 4.79 Å². The van der Waals surface area contributed by atoms with Gasteiger partial charge in [-0.3, -0.25) is 0 Å². The highest BCUT2D eigenvalue weighted by molar-refractivity contribution is 9.10. The van der Waals surface area contributed by atoms with Crippen molar-refractivity contribution < 1.29 is 9.53 Å². The lowest BCUT2D eigenvalue weighted by molar-refractivity contribution is -0.141. The van der Waals surface area contributed by atoms with Crippen LogP contribution < -0.4 is 5.32 Å². The predicted octanol–water partition coefficient (Wildman–Crippen LogP) is 3.84. The summed E-state index contributed by atoms with van der Waals surface area (Å²) in [6.07, 6.45) is 0.